The van der Waals surface area contributed by atoms with E-state index in [2.05, 4.69) is 4.98 Å². The standard InChI is InChI=1S/2C8H10FN.C8H11NO.2C7H10N2.C5H7N3O2/c9-8-3-1-2-7(6-8)4-5-10;9-8-4-2-1-3-7(8)5-6-10;1-6-4-3-5-7(10-2)8(6)9;8-5-6-1-3-7(9)4-2-6;8-5-6-3-1-2-4-7(6)9;1-8-3(6)2-4(9)7-5(8)10/h1-3,6H,4-5,10H2;1-4H,5-6,10H2;3-5H,9H2,1-2H3;2*1-4H,5,8-9H2;2H,6H2,1H3,(H,7,9,10). The Morgan fingerprint density at radius 3 is 1.76 bits per heavy atom. The Labute approximate surface area is 338 Å². The van der Waals surface area contributed by atoms with Gasteiger partial charge in [-0.2, -0.15) is 0 Å². The number of nitrogens with one attached hydrogen (secondary N) is 1. The van der Waals surface area contributed by atoms with Crippen LogP contribution in [0.2, 0.25) is 0 Å². The molecule has 6 rings (SSSR count). The maximum atomic E-state index is 12.7. The summed E-state index contributed by atoms with van der Waals surface area (Å²) in [4.78, 5) is 23.3. The van der Waals surface area contributed by atoms with Crippen LogP contribution in [0.4, 0.5) is 31.7 Å². The SMILES string of the molecule is COc1cccc(C)c1N.Cn1c(N)cc(=O)[nH]c1=O.NCCc1cccc(F)c1.NCCc1ccccc1F.NCc1ccc(N)cc1.NCc1ccccc1N. The highest BCUT2D eigenvalue weighted by molar-refractivity contribution is 5.57. The number of hydrogen-bond acceptors (Lipinski definition) is 11. The summed E-state index contributed by atoms with van der Waals surface area (Å²) < 4.78 is 31.3. The molecule has 0 radical (unpaired) electrons. The van der Waals surface area contributed by atoms with E-state index in [1.807, 2.05) is 85.8 Å². The number of nitrogen functional groups attached to an aromatic ring is 4. The number of ether oxygens (including phenoxy) is 1. The Morgan fingerprint density at radius 2 is 1.26 bits per heavy atom. The first kappa shape index (κ1) is 49.5. The molecule has 1 aromatic heterocycles. The molecule has 5 aromatic carbocycles. The third-order valence-electron chi connectivity index (χ3n) is 7.89. The van der Waals surface area contributed by atoms with Crippen LogP contribution < -0.4 is 61.9 Å². The van der Waals surface area contributed by atoms with Crippen LogP contribution in [0.3, 0.4) is 0 Å². The van der Waals surface area contributed by atoms with Crippen molar-refractivity contribution < 1.29 is 13.5 Å². The molecule has 0 bridgehead atoms. The summed E-state index contributed by atoms with van der Waals surface area (Å²) in [5.41, 5.74) is 49.4. The van der Waals surface area contributed by atoms with Gasteiger partial charge in [0, 0.05) is 37.6 Å². The zero-order chi connectivity index (χ0) is 43.5. The third-order valence-corrected chi connectivity index (χ3v) is 7.89. The summed E-state index contributed by atoms with van der Waals surface area (Å²) in [7, 11) is 3.10. The van der Waals surface area contributed by atoms with Crippen LogP contribution in [0.1, 0.15) is 27.8 Å². The molecule has 0 spiro atoms. The Hall–Kier alpha value is -6.52. The van der Waals surface area contributed by atoms with Crippen LogP contribution in [0, 0.1) is 18.6 Å². The summed E-state index contributed by atoms with van der Waals surface area (Å²) in [6.45, 7) is 4.13. The van der Waals surface area contributed by atoms with Crippen LogP contribution in [0.25, 0.3) is 0 Å². The molecule has 6 aromatic rings. The topological polar surface area (TPSA) is 272 Å². The van der Waals surface area contributed by atoms with Crippen molar-refractivity contribution in [1.82, 2.24) is 9.55 Å². The van der Waals surface area contributed by atoms with Gasteiger partial charge in [-0.25, -0.2) is 13.6 Å². The summed E-state index contributed by atoms with van der Waals surface area (Å²) in [6, 6.07) is 35.2. The molecular formula is C43H58F2N10O3. The van der Waals surface area contributed by atoms with E-state index in [-0.39, 0.29) is 17.5 Å². The lowest BCUT2D eigenvalue weighted by atomic mass is 10.1. The lowest BCUT2D eigenvalue weighted by Gasteiger charge is -2.04. The molecule has 0 aliphatic rings. The van der Waals surface area contributed by atoms with Crippen LogP contribution in [-0.2, 0) is 33.0 Å². The van der Waals surface area contributed by atoms with Gasteiger partial charge >= 0.3 is 5.69 Å². The van der Waals surface area contributed by atoms with Crippen LogP contribution >= 0.6 is 0 Å². The van der Waals surface area contributed by atoms with Gasteiger partial charge in [-0.3, -0.25) is 14.3 Å². The number of H-pyrrole nitrogens is 1. The molecule has 17 N–H and O–H groups in total. The van der Waals surface area contributed by atoms with E-state index in [1.165, 1.54) is 25.2 Å². The van der Waals surface area contributed by atoms with Crippen LogP contribution in [0.5, 0.6) is 5.75 Å². The molecule has 0 saturated heterocycles. The van der Waals surface area contributed by atoms with Gasteiger partial charge in [-0.1, -0.05) is 72.8 Å². The predicted molar refractivity (Wildman–Crippen MR) is 235 cm³/mol. The highest BCUT2D eigenvalue weighted by Gasteiger charge is 1.99. The first-order chi connectivity index (χ1) is 27.7. The van der Waals surface area contributed by atoms with Gasteiger partial charge in [0.2, 0.25) is 0 Å². The first-order valence-electron chi connectivity index (χ1n) is 18.1. The quantitative estimate of drug-likeness (QED) is 0.102. The fourth-order valence-corrected chi connectivity index (χ4v) is 4.50. The number of anilines is 4. The number of halogens is 2. The molecule has 58 heavy (non-hydrogen) atoms. The second kappa shape index (κ2) is 28.0. The molecule has 0 fully saturated rings. The molecule has 0 unspecified atom stereocenters. The monoisotopic (exact) mass is 800 g/mol. The van der Waals surface area contributed by atoms with Gasteiger partial charge in [-0.05, 0) is 103 Å². The molecule has 0 saturated carbocycles. The van der Waals surface area contributed by atoms with Crippen LogP contribution in [0.15, 0.2) is 131 Å². The molecule has 15 heteroatoms. The summed E-state index contributed by atoms with van der Waals surface area (Å²) in [5, 5.41) is 0. The normalized spacial score (nSPS) is 9.60. The minimum absolute atomic E-state index is 0.159. The average Bonchev–Trinajstić information content (AvgIpc) is 3.21. The number of benzene rings is 5. The van der Waals surface area contributed by atoms with Gasteiger partial charge in [0.05, 0.1) is 12.8 Å². The second-order valence-corrected chi connectivity index (χ2v) is 12.3. The number of aromatic nitrogens is 2. The fraction of sp³-hybridized carbons (Fsp3) is 0.209. The molecular weight excluding hydrogens is 743 g/mol. The number of methoxy groups -OCH3 is 1. The lowest BCUT2D eigenvalue weighted by Crippen LogP contribution is -2.29. The van der Waals surface area contributed by atoms with E-state index in [0.29, 0.717) is 38.2 Å². The molecule has 1 heterocycles. The molecule has 312 valence electrons. The smallest absolute Gasteiger partial charge is 0.329 e. The minimum atomic E-state index is -0.495. The minimum Gasteiger partial charge on any atom is -0.495 e. The number of aryl methyl sites for hydroxylation is 1. The first-order valence-corrected chi connectivity index (χ1v) is 18.1. The summed E-state index contributed by atoms with van der Waals surface area (Å²) in [5.74, 6) is 0.563. The van der Waals surface area contributed by atoms with Crippen molar-refractivity contribution in [2.75, 3.05) is 43.1 Å². The van der Waals surface area contributed by atoms with Gasteiger partial charge in [0.1, 0.15) is 23.2 Å². The average molecular weight is 801 g/mol. The fourth-order valence-electron chi connectivity index (χ4n) is 4.50. The zero-order valence-electron chi connectivity index (χ0n) is 33.3. The molecule has 0 aliphatic carbocycles. The number of para-hydroxylation sites is 2. The van der Waals surface area contributed by atoms with E-state index < -0.39 is 11.2 Å². The van der Waals surface area contributed by atoms with E-state index in [1.54, 1.807) is 25.3 Å². The van der Waals surface area contributed by atoms with E-state index in [9.17, 15) is 18.4 Å². The Bertz CT molecular complexity index is 2180. The lowest BCUT2D eigenvalue weighted by molar-refractivity contribution is 0.416. The van der Waals surface area contributed by atoms with E-state index in [0.717, 1.165) is 62.1 Å². The third kappa shape index (κ3) is 19.4. The van der Waals surface area contributed by atoms with Crippen molar-refractivity contribution in [1.29, 1.82) is 0 Å². The Balaban J connectivity index is 0.000000348. The number of rotatable bonds is 7. The van der Waals surface area contributed by atoms with Crippen molar-refractivity contribution in [3.8, 4) is 5.75 Å². The number of nitrogens with zero attached hydrogens (tertiary/aromatic N) is 1. The number of hydrogen-bond donors (Lipinski definition) is 9. The Morgan fingerprint density at radius 1 is 0.655 bits per heavy atom. The molecule has 0 amide bonds. The second-order valence-electron chi connectivity index (χ2n) is 12.3. The number of nitrogens with two attached hydrogens (primary N) is 8. The Kier molecular flexibility index (Phi) is 23.9. The molecule has 13 nitrogen and oxygen atoms in total. The molecule has 0 atom stereocenters. The van der Waals surface area contributed by atoms with Crippen molar-refractivity contribution in [2.45, 2.75) is 32.9 Å². The maximum absolute atomic E-state index is 12.7. The molecule has 0 aliphatic heterocycles. The highest BCUT2D eigenvalue weighted by Crippen LogP contribution is 2.23. The van der Waals surface area contributed by atoms with E-state index >= 15 is 0 Å². The van der Waals surface area contributed by atoms with Gasteiger partial charge in [-0.15, -0.1) is 0 Å². The largest absolute Gasteiger partial charge is 0.495 e. The van der Waals surface area contributed by atoms with Gasteiger partial charge in [0.25, 0.3) is 5.56 Å². The van der Waals surface area contributed by atoms with Crippen molar-refractivity contribution in [3.63, 3.8) is 0 Å². The van der Waals surface area contributed by atoms with E-state index in [4.69, 9.17) is 50.6 Å². The predicted octanol–water partition coefficient (Wildman–Crippen LogP) is 4.35. The van der Waals surface area contributed by atoms with Gasteiger partial charge in [0.15, 0.2) is 0 Å². The maximum Gasteiger partial charge on any atom is 0.329 e. The number of aromatic amines is 1. The highest BCUT2D eigenvalue weighted by atomic mass is 19.1. The van der Waals surface area contributed by atoms with Crippen LogP contribution in [-0.4, -0.2) is 29.8 Å². The van der Waals surface area contributed by atoms with Crippen molar-refractivity contribution >= 4 is 22.9 Å². The zero-order valence-corrected chi connectivity index (χ0v) is 33.3. The summed E-state index contributed by atoms with van der Waals surface area (Å²) in [6.07, 6.45) is 1.37. The van der Waals surface area contributed by atoms with Gasteiger partial charge < -0.3 is 50.6 Å². The van der Waals surface area contributed by atoms with Crippen molar-refractivity contribution in [2.24, 2.45) is 30.0 Å². The van der Waals surface area contributed by atoms with Crippen molar-refractivity contribution in [3.05, 3.63) is 182 Å². The summed E-state index contributed by atoms with van der Waals surface area (Å²) >= 11 is 0.